The molecule has 3 rings (SSSR count). The van der Waals surface area contributed by atoms with Crippen LogP contribution in [0.2, 0.25) is 0 Å². The van der Waals surface area contributed by atoms with Gasteiger partial charge in [-0.2, -0.15) is 0 Å². The summed E-state index contributed by atoms with van der Waals surface area (Å²) in [6.45, 7) is 4.20. The summed E-state index contributed by atoms with van der Waals surface area (Å²) >= 11 is 1.71. The Balaban J connectivity index is 1.54. The molecule has 10 heteroatoms. The maximum absolute atomic E-state index is 13.0. The van der Waals surface area contributed by atoms with Gasteiger partial charge >= 0.3 is 6.01 Å². The van der Waals surface area contributed by atoms with Gasteiger partial charge in [-0.15, -0.1) is 16.9 Å². The second kappa shape index (κ2) is 10.1. The topological polar surface area (TPSA) is 102 Å². The molecule has 2 aromatic carbocycles. The summed E-state index contributed by atoms with van der Waals surface area (Å²) in [4.78, 5) is 13.2. The zero-order chi connectivity index (χ0) is 22.4. The van der Waals surface area contributed by atoms with Gasteiger partial charge < -0.3 is 4.42 Å². The first-order valence-corrected chi connectivity index (χ1v) is 12.1. The summed E-state index contributed by atoms with van der Waals surface area (Å²) < 4.78 is 42.9. The van der Waals surface area contributed by atoms with Gasteiger partial charge in [0.1, 0.15) is 5.82 Å². The first kappa shape index (κ1) is 23.0. The number of aromatic nitrogens is 2. The second-order valence-electron chi connectivity index (χ2n) is 7.03. The van der Waals surface area contributed by atoms with Crippen molar-refractivity contribution in [1.29, 1.82) is 0 Å². The van der Waals surface area contributed by atoms with Gasteiger partial charge in [0, 0.05) is 22.1 Å². The molecule has 0 saturated carbocycles. The number of amides is 1. The average molecular weight is 464 g/mol. The fraction of sp³-hybridized carbons (Fsp3) is 0.286. The third kappa shape index (κ3) is 6.63. The van der Waals surface area contributed by atoms with E-state index in [0.29, 0.717) is 5.25 Å². The molecule has 0 bridgehead atoms. The number of sulfone groups is 1. The van der Waals surface area contributed by atoms with E-state index in [2.05, 4.69) is 29.4 Å². The van der Waals surface area contributed by atoms with Gasteiger partial charge in [-0.3, -0.25) is 10.1 Å². The van der Waals surface area contributed by atoms with Crippen LogP contribution < -0.4 is 5.32 Å². The van der Waals surface area contributed by atoms with Crippen molar-refractivity contribution < 1.29 is 22.0 Å². The van der Waals surface area contributed by atoms with Gasteiger partial charge in [0.15, 0.2) is 9.84 Å². The lowest BCUT2D eigenvalue weighted by molar-refractivity contribution is -0.116. The molecule has 7 nitrogen and oxygen atoms in total. The monoisotopic (exact) mass is 463 g/mol. The van der Waals surface area contributed by atoms with Gasteiger partial charge in [-0.05, 0) is 48.9 Å². The molecule has 0 unspecified atom stereocenters. The number of thioether (sulfide) groups is 1. The van der Waals surface area contributed by atoms with E-state index in [-0.39, 0.29) is 35.4 Å². The van der Waals surface area contributed by atoms with Crippen LogP contribution in [0.4, 0.5) is 10.4 Å². The molecule has 0 atom stereocenters. The van der Waals surface area contributed by atoms with E-state index in [4.69, 9.17) is 4.42 Å². The van der Waals surface area contributed by atoms with Gasteiger partial charge in [-0.25, -0.2) is 12.8 Å². The number of anilines is 1. The van der Waals surface area contributed by atoms with Crippen LogP contribution >= 0.6 is 11.8 Å². The highest BCUT2D eigenvalue weighted by atomic mass is 32.2. The highest BCUT2D eigenvalue weighted by Gasteiger charge is 2.16. The molecule has 0 aliphatic rings. The summed E-state index contributed by atoms with van der Waals surface area (Å²) in [5, 5.41) is 10.7. The standard InChI is InChI=1S/C21H22FN3O4S2/c1-14(2)30-17-6-3-5-15(13-17)20-24-25-21(29-20)23-19(26)7-4-12-31(27,28)18-10-8-16(22)9-11-18/h3,5-6,8-11,13-14H,4,7,12H2,1-2H3,(H,23,25,26). The molecule has 1 amide bonds. The zero-order valence-corrected chi connectivity index (χ0v) is 18.7. The van der Waals surface area contributed by atoms with E-state index >= 15 is 0 Å². The largest absolute Gasteiger partial charge is 0.403 e. The lowest BCUT2D eigenvalue weighted by Crippen LogP contribution is -2.14. The normalized spacial score (nSPS) is 11.6. The molecule has 0 aliphatic carbocycles. The van der Waals surface area contributed by atoms with E-state index in [1.165, 1.54) is 12.1 Å². The van der Waals surface area contributed by atoms with Crippen molar-refractivity contribution in [3.05, 3.63) is 54.3 Å². The number of nitrogens with zero attached hydrogens (tertiary/aromatic N) is 2. The highest BCUT2D eigenvalue weighted by molar-refractivity contribution is 7.99. The Kier molecular flexibility index (Phi) is 7.45. The van der Waals surface area contributed by atoms with Crippen molar-refractivity contribution >= 4 is 33.5 Å². The summed E-state index contributed by atoms with van der Waals surface area (Å²) in [7, 11) is -3.59. The van der Waals surface area contributed by atoms with Crippen LogP contribution in [0.25, 0.3) is 11.5 Å². The summed E-state index contributed by atoms with van der Waals surface area (Å²) in [5.74, 6) is -0.904. The fourth-order valence-electron chi connectivity index (χ4n) is 2.73. The van der Waals surface area contributed by atoms with Crippen molar-refractivity contribution in [1.82, 2.24) is 10.2 Å². The Hall–Kier alpha value is -2.72. The predicted molar refractivity (Wildman–Crippen MR) is 117 cm³/mol. The number of halogens is 1. The molecular formula is C21H22FN3O4S2. The molecule has 0 saturated heterocycles. The maximum Gasteiger partial charge on any atom is 0.322 e. The van der Waals surface area contributed by atoms with Gasteiger partial charge in [0.25, 0.3) is 0 Å². The number of hydrogen-bond donors (Lipinski definition) is 1. The number of hydrogen-bond acceptors (Lipinski definition) is 7. The number of rotatable bonds is 9. The van der Waals surface area contributed by atoms with Crippen LogP contribution in [0.3, 0.4) is 0 Å². The minimum atomic E-state index is -3.59. The van der Waals surface area contributed by atoms with E-state index < -0.39 is 21.6 Å². The number of carbonyl (C=O) groups excluding carboxylic acids is 1. The van der Waals surface area contributed by atoms with Gasteiger partial charge in [0.05, 0.1) is 10.6 Å². The first-order valence-electron chi connectivity index (χ1n) is 9.62. The van der Waals surface area contributed by atoms with E-state index in [9.17, 15) is 17.6 Å². The smallest absolute Gasteiger partial charge is 0.322 e. The number of benzene rings is 2. The highest BCUT2D eigenvalue weighted by Crippen LogP contribution is 2.28. The van der Waals surface area contributed by atoms with Crippen molar-refractivity contribution in [2.75, 3.05) is 11.1 Å². The summed E-state index contributed by atoms with van der Waals surface area (Å²) in [5.41, 5.74) is 0.740. The maximum atomic E-state index is 13.0. The molecule has 164 valence electrons. The van der Waals surface area contributed by atoms with Crippen molar-refractivity contribution in [2.24, 2.45) is 0 Å². The lowest BCUT2D eigenvalue weighted by atomic mass is 10.2. The van der Waals surface area contributed by atoms with Crippen LogP contribution in [0.5, 0.6) is 0 Å². The Morgan fingerprint density at radius 3 is 2.61 bits per heavy atom. The Labute approximate surface area is 184 Å². The molecule has 0 spiro atoms. The van der Waals surface area contributed by atoms with Crippen molar-refractivity contribution in [2.45, 2.75) is 41.7 Å². The van der Waals surface area contributed by atoms with Crippen molar-refractivity contribution in [3.8, 4) is 11.5 Å². The van der Waals surface area contributed by atoms with Crippen LogP contribution in [0.1, 0.15) is 26.7 Å². The first-order chi connectivity index (χ1) is 14.7. The minimum Gasteiger partial charge on any atom is -0.403 e. The Morgan fingerprint density at radius 2 is 1.90 bits per heavy atom. The van der Waals surface area contributed by atoms with E-state index in [1.54, 1.807) is 11.8 Å². The van der Waals surface area contributed by atoms with Gasteiger partial charge in [0.2, 0.25) is 11.8 Å². The number of nitrogens with one attached hydrogen (secondary N) is 1. The van der Waals surface area contributed by atoms with E-state index in [1.807, 2.05) is 24.3 Å². The van der Waals surface area contributed by atoms with Crippen LogP contribution in [0, 0.1) is 5.82 Å². The van der Waals surface area contributed by atoms with E-state index in [0.717, 1.165) is 22.6 Å². The number of carbonyl (C=O) groups is 1. The van der Waals surface area contributed by atoms with Crippen LogP contribution in [-0.4, -0.2) is 35.5 Å². The predicted octanol–water partition coefficient (Wildman–Crippen LogP) is 4.57. The zero-order valence-electron chi connectivity index (χ0n) is 17.0. The molecule has 1 N–H and O–H groups in total. The molecule has 1 heterocycles. The van der Waals surface area contributed by atoms with Crippen LogP contribution in [-0.2, 0) is 14.6 Å². The quantitative estimate of drug-likeness (QED) is 0.366. The SMILES string of the molecule is CC(C)Sc1cccc(-c2nnc(NC(=O)CCCS(=O)(=O)c3ccc(F)cc3)o2)c1. The molecule has 0 radical (unpaired) electrons. The molecule has 31 heavy (non-hydrogen) atoms. The third-order valence-corrected chi connectivity index (χ3v) is 6.93. The molecule has 1 aromatic heterocycles. The van der Waals surface area contributed by atoms with Crippen molar-refractivity contribution in [3.63, 3.8) is 0 Å². The third-order valence-electron chi connectivity index (χ3n) is 4.11. The summed E-state index contributed by atoms with van der Waals surface area (Å²) in [6.07, 6.45) is 0.0552. The molecule has 0 fully saturated rings. The van der Waals surface area contributed by atoms with Crippen LogP contribution in [0.15, 0.2) is 62.7 Å². The Morgan fingerprint density at radius 1 is 1.16 bits per heavy atom. The fourth-order valence-corrected chi connectivity index (χ4v) is 4.94. The molecular weight excluding hydrogens is 441 g/mol. The minimum absolute atomic E-state index is 0.0220. The second-order valence-corrected chi connectivity index (χ2v) is 10.8. The molecule has 0 aliphatic heterocycles. The average Bonchev–Trinajstić information content (AvgIpc) is 3.16. The molecule has 3 aromatic rings. The lowest BCUT2D eigenvalue weighted by Gasteiger charge is -2.05. The van der Waals surface area contributed by atoms with Gasteiger partial charge in [-0.1, -0.05) is 25.0 Å². The summed E-state index contributed by atoms with van der Waals surface area (Å²) in [6, 6.07) is 12.2. The Bertz CT molecular complexity index is 1150.